The largest absolute Gasteiger partial charge is 0.334 e. The summed E-state index contributed by atoms with van der Waals surface area (Å²) >= 11 is 1.36. The van der Waals surface area contributed by atoms with Crippen LogP contribution in [-0.4, -0.2) is 11.0 Å². The number of carbonyl (C=O) groups excluding carboxylic acids is 1. The number of benzene rings is 1. The average molecular weight is 265 g/mol. The molecule has 0 unspecified atom stereocenters. The number of anilines is 1. The summed E-state index contributed by atoms with van der Waals surface area (Å²) in [5, 5.41) is 7.64. The van der Waals surface area contributed by atoms with E-state index in [1.165, 1.54) is 23.5 Å². The molecule has 2 amide bonds. The zero-order valence-electron chi connectivity index (χ0n) is 9.74. The van der Waals surface area contributed by atoms with E-state index in [2.05, 4.69) is 15.6 Å². The molecule has 0 saturated carbocycles. The Morgan fingerprint density at radius 2 is 2.33 bits per heavy atom. The number of hydrogen-bond donors (Lipinski definition) is 2. The van der Waals surface area contributed by atoms with E-state index in [1.54, 1.807) is 12.1 Å². The van der Waals surface area contributed by atoms with Crippen LogP contribution < -0.4 is 10.6 Å². The molecule has 2 N–H and O–H groups in total. The standard InChI is InChI=1S/C12H12FN3OS/c1-8-7-18-12(15-8)16-11(17)14-6-9-3-2-4-10(13)5-9/h2-5,7H,6H2,1H3,(H2,14,15,16,17). The van der Waals surface area contributed by atoms with Crippen molar-refractivity contribution in [3.8, 4) is 0 Å². The van der Waals surface area contributed by atoms with Crippen molar-refractivity contribution in [1.29, 1.82) is 0 Å². The molecule has 94 valence electrons. The molecule has 0 atom stereocenters. The number of aryl methyl sites for hydroxylation is 1. The Morgan fingerprint density at radius 3 is 3.00 bits per heavy atom. The van der Waals surface area contributed by atoms with Gasteiger partial charge in [-0.2, -0.15) is 0 Å². The second-order valence-corrected chi connectivity index (χ2v) is 4.59. The molecule has 4 nitrogen and oxygen atoms in total. The Hall–Kier alpha value is -1.95. The van der Waals surface area contributed by atoms with Gasteiger partial charge in [0.15, 0.2) is 5.13 Å². The van der Waals surface area contributed by atoms with E-state index < -0.39 is 0 Å². The van der Waals surface area contributed by atoms with Crippen molar-refractivity contribution in [2.75, 3.05) is 5.32 Å². The van der Waals surface area contributed by atoms with Crippen molar-refractivity contribution in [1.82, 2.24) is 10.3 Å². The van der Waals surface area contributed by atoms with Crippen molar-refractivity contribution < 1.29 is 9.18 Å². The molecule has 0 bridgehead atoms. The highest BCUT2D eigenvalue weighted by Gasteiger charge is 2.04. The summed E-state index contributed by atoms with van der Waals surface area (Å²) < 4.78 is 12.9. The third-order valence-corrected chi connectivity index (χ3v) is 3.06. The number of halogens is 1. The summed E-state index contributed by atoms with van der Waals surface area (Å²) in [5.74, 6) is -0.315. The highest BCUT2D eigenvalue weighted by atomic mass is 32.1. The van der Waals surface area contributed by atoms with E-state index in [9.17, 15) is 9.18 Å². The van der Waals surface area contributed by atoms with Crippen LogP contribution >= 0.6 is 11.3 Å². The molecular formula is C12H12FN3OS. The molecule has 1 aromatic carbocycles. The number of hydrogen-bond acceptors (Lipinski definition) is 3. The maximum atomic E-state index is 12.9. The van der Waals surface area contributed by atoms with Crippen molar-refractivity contribution >= 4 is 22.5 Å². The van der Waals surface area contributed by atoms with Gasteiger partial charge in [0, 0.05) is 11.9 Å². The Kier molecular flexibility index (Phi) is 3.88. The van der Waals surface area contributed by atoms with Gasteiger partial charge in [-0.15, -0.1) is 11.3 Å². The molecule has 0 fully saturated rings. The maximum Gasteiger partial charge on any atom is 0.321 e. The highest BCUT2D eigenvalue weighted by Crippen LogP contribution is 2.13. The van der Waals surface area contributed by atoms with Crippen molar-refractivity contribution in [3.63, 3.8) is 0 Å². The zero-order chi connectivity index (χ0) is 13.0. The molecule has 0 aliphatic rings. The first-order valence-electron chi connectivity index (χ1n) is 5.35. The first kappa shape index (κ1) is 12.5. The van der Waals surface area contributed by atoms with Crippen molar-refractivity contribution in [2.24, 2.45) is 0 Å². The monoisotopic (exact) mass is 265 g/mol. The fourth-order valence-electron chi connectivity index (χ4n) is 1.38. The van der Waals surface area contributed by atoms with Crippen LogP contribution in [0.15, 0.2) is 29.6 Å². The minimum absolute atomic E-state index is 0.272. The molecule has 2 rings (SSSR count). The van der Waals surface area contributed by atoms with Gasteiger partial charge in [0.25, 0.3) is 0 Å². The first-order valence-corrected chi connectivity index (χ1v) is 6.23. The second-order valence-electron chi connectivity index (χ2n) is 3.73. The van der Waals surface area contributed by atoms with Gasteiger partial charge in [0.1, 0.15) is 5.82 Å². The molecule has 18 heavy (non-hydrogen) atoms. The van der Waals surface area contributed by atoms with Crippen LogP contribution in [0.4, 0.5) is 14.3 Å². The topological polar surface area (TPSA) is 54.0 Å². The van der Waals surface area contributed by atoms with E-state index >= 15 is 0 Å². The second kappa shape index (κ2) is 5.59. The minimum atomic E-state index is -0.353. The summed E-state index contributed by atoms with van der Waals surface area (Å²) in [7, 11) is 0. The summed E-state index contributed by atoms with van der Waals surface area (Å²) in [6.07, 6.45) is 0. The third kappa shape index (κ3) is 3.53. The molecule has 1 heterocycles. The summed E-state index contributed by atoms with van der Waals surface area (Å²) in [5.41, 5.74) is 1.57. The van der Waals surface area contributed by atoms with Gasteiger partial charge in [-0.05, 0) is 24.6 Å². The van der Waals surface area contributed by atoms with Gasteiger partial charge in [-0.1, -0.05) is 12.1 Å². The quantitative estimate of drug-likeness (QED) is 0.896. The lowest BCUT2D eigenvalue weighted by Gasteiger charge is -2.05. The van der Waals surface area contributed by atoms with E-state index in [0.29, 0.717) is 10.7 Å². The van der Waals surface area contributed by atoms with Crippen LogP contribution in [0.1, 0.15) is 11.3 Å². The smallest absolute Gasteiger partial charge is 0.321 e. The fourth-order valence-corrected chi connectivity index (χ4v) is 2.07. The molecule has 0 spiro atoms. The number of amides is 2. The van der Waals surface area contributed by atoms with Gasteiger partial charge in [-0.3, -0.25) is 5.32 Å². The molecule has 2 aromatic rings. The van der Waals surface area contributed by atoms with E-state index in [4.69, 9.17) is 0 Å². The SMILES string of the molecule is Cc1csc(NC(=O)NCc2cccc(F)c2)n1. The van der Waals surface area contributed by atoms with Crippen LogP contribution in [0.3, 0.4) is 0 Å². The fraction of sp³-hybridized carbons (Fsp3) is 0.167. The first-order chi connectivity index (χ1) is 8.63. The number of urea groups is 1. The number of carbonyl (C=O) groups is 1. The van der Waals surface area contributed by atoms with E-state index in [0.717, 1.165) is 5.69 Å². The predicted molar refractivity (Wildman–Crippen MR) is 69.1 cm³/mol. The average Bonchev–Trinajstić information content (AvgIpc) is 2.72. The summed E-state index contributed by atoms with van der Waals surface area (Å²) in [4.78, 5) is 15.6. The van der Waals surface area contributed by atoms with Crippen molar-refractivity contribution in [2.45, 2.75) is 13.5 Å². The summed E-state index contributed by atoms with van der Waals surface area (Å²) in [6.45, 7) is 2.13. The maximum absolute atomic E-state index is 12.9. The molecule has 0 saturated heterocycles. The van der Waals surface area contributed by atoms with Crippen molar-refractivity contribution in [3.05, 3.63) is 46.7 Å². The van der Waals surface area contributed by atoms with Crippen LogP contribution in [0.2, 0.25) is 0 Å². The van der Waals surface area contributed by atoms with Gasteiger partial charge in [0.05, 0.1) is 5.69 Å². The third-order valence-electron chi connectivity index (χ3n) is 2.18. The van der Waals surface area contributed by atoms with Gasteiger partial charge >= 0.3 is 6.03 Å². The van der Waals surface area contributed by atoms with Gasteiger partial charge in [-0.25, -0.2) is 14.2 Å². The van der Waals surface area contributed by atoms with E-state index in [-0.39, 0.29) is 18.4 Å². The van der Waals surface area contributed by atoms with Crippen LogP contribution in [-0.2, 0) is 6.54 Å². The molecule has 0 aliphatic heterocycles. The number of aromatic nitrogens is 1. The minimum Gasteiger partial charge on any atom is -0.334 e. The molecule has 6 heteroatoms. The normalized spacial score (nSPS) is 10.1. The van der Waals surface area contributed by atoms with Crippen LogP contribution in [0.25, 0.3) is 0 Å². The highest BCUT2D eigenvalue weighted by molar-refractivity contribution is 7.13. The Bertz CT molecular complexity index is 556. The Labute approximate surface area is 108 Å². The zero-order valence-corrected chi connectivity index (χ0v) is 10.6. The molecule has 1 aromatic heterocycles. The predicted octanol–water partition coefficient (Wildman–Crippen LogP) is 2.91. The van der Waals surface area contributed by atoms with E-state index in [1.807, 2.05) is 12.3 Å². The Morgan fingerprint density at radius 1 is 1.50 bits per heavy atom. The lowest BCUT2D eigenvalue weighted by atomic mass is 10.2. The number of nitrogens with zero attached hydrogens (tertiary/aromatic N) is 1. The number of nitrogens with one attached hydrogen (secondary N) is 2. The Balaban J connectivity index is 1.85. The lowest BCUT2D eigenvalue weighted by Crippen LogP contribution is -2.28. The summed E-state index contributed by atoms with van der Waals surface area (Å²) in [6, 6.07) is 5.75. The molecular weight excluding hydrogens is 253 g/mol. The van der Waals surface area contributed by atoms with Gasteiger partial charge in [0.2, 0.25) is 0 Å². The van der Waals surface area contributed by atoms with Gasteiger partial charge < -0.3 is 5.32 Å². The number of rotatable bonds is 3. The van der Waals surface area contributed by atoms with Crippen LogP contribution in [0, 0.1) is 12.7 Å². The lowest BCUT2D eigenvalue weighted by molar-refractivity contribution is 0.251. The number of thiazole rings is 1. The van der Waals surface area contributed by atoms with Crippen LogP contribution in [0.5, 0.6) is 0 Å². The molecule has 0 radical (unpaired) electrons. The molecule has 0 aliphatic carbocycles.